The fraction of sp³-hybridized carbons (Fsp3) is 0.389. The minimum absolute atomic E-state index is 0.216. The van der Waals surface area contributed by atoms with Crippen molar-refractivity contribution in [3.05, 3.63) is 24.0 Å². The number of pyridine rings is 1. The lowest BCUT2D eigenvalue weighted by Gasteiger charge is -2.34. The maximum Gasteiger partial charge on any atom is 0.195 e. The number of hydrogen-bond donors (Lipinski definition) is 1. The molecule has 1 aliphatic rings. The van der Waals surface area contributed by atoms with Gasteiger partial charge in [-0.2, -0.15) is 5.10 Å². The van der Waals surface area contributed by atoms with Gasteiger partial charge in [0.1, 0.15) is 11.3 Å². The van der Waals surface area contributed by atoms with Crippen LogP contribution < -0.4 is 4.90 Å². The van der Waals surface area contributed by atoms with Gasteiger partial charge in [-0.1, -0.05) is 10.4 Å². The molecule has 0 saturated carbocycles. The average Bonchev–Trinajstić information content (AvgIpc) is 3.42. The van der Waals surface area contributed by atoms with Crippen LogP contribution in [0, 0.1) is 6.92 Å². The van der Waals surface area contributed by atoms with E-state index in [1.54, 1.807) is 10.9 Å². The smallest absolute Gasteiger partial charge is 0.195 e. The van der Waals surface area contributed by atoms with Gasteiger partial charge in [0, 0.05) is 19.8 Å². The van der Waals surface area contributed by atoms with Gasteiger partial charge in [-0.05, 0) is 26.0 Å². The predicted molar refractivity (Wildman–Crippen MR) is 102 cm³/mol. The Labute approximate surface area is 160 Å². The van der Waals surface area contributed by atoms with Gasteiger partial charge in [-0.15, -0.1) is 5.10 Å². The van der Waals surface area contributed by atoms with E-state index in [1.165, 1.54) is 0 Å². The third-order valence-corrected chi connectivity index (χ3v) is 5.08. The average molecular weight is 380 g/mol. The number of aryl methyl sites for hydroxylation is 2. The zero-order chi connectivity index (χ0) is 19.3. The highest BCUT2D eigenvalue weighted by atomic mass is 16.5. The van der Waals surface area contributed by atoms with Crippen molar-refractivity contribution in [3.8, 4) is 22.6 Å². The maximum atomic E-state index is 5.73. The van der Waals surface area contributed by atoms with E-state index in [9.17, 15) is 0 Å². The molecule has 1 atom stereocenters. The Morgan fingerprint density at radius 1 is 1.32 bits per heavy atom. The predicted octanol–water partition coefficient (Wildman–Crippen LogP) is 1.94. The zero-order valence-electron chi connectivity index (χ0n) is 15.9. The van der Waals surface area contributed by atoms with Crippen LogP contribution in [0.2, 0.25) is 0 Å². The third-order valence-electron chi connectivity index (χ3n) is 5.08. The maximum absolute atomic E-state index is 5.73. The Morgan fingerprint density at radius 3 is 2.93 bits per heavy atom. The van der Waals surface area contributed by atoms with Gasteiger partial charge in [-0.25, -0.2) is 9.67 Å². The molecule has 0 spiro atoms. The molecule has 0 amide bonds. The molecule has 0 aromatic carbocycles. The Morgan fingerprint density at radius 2 is 2.21 bits per heavy atom. The van der Waals surface area contributed by atoms with Crippen molar-refractivity contribution >= 4 is 16.9 Å². The summed E-state index contributed by atoms with van der Waals surface area (Å²) in [5.74, 6) is 0.850. The van der Waals surface area contributed by atoms with Crippen LogP contribution in [0.5, 0.6) is 0 Å². The molecule has 0 bridgehead atoms. The summed E-state index contributed by atoms with van der Waals surface area (Å²) in [7, 11) is 1.87. The summed E-state index contributed by atoms with van der Waals surface area (Å²) < 4.78 is 13.1. The standard InChI is InChI=1S/C18H20N8O2/c1-10-9-27-7-6-26(10)14-8-12(17-11(2)21-24-25(17)3)18-16(20-14)15(23-28-18)13-4-5-19-22-13/h4-5,8,10H,6-7,9H2,1-3H3,(H,19,22)/t10-/m1/s1. The monoisotopic (exact) mass is 380 g/mol. The van der Waals surface area contributed by atoms with Crippen LogP contribution in [-0.2, 0) is 11.8 Å². The normalized spacial score (nSPS) is 17.5. The number of nitrogens with one attached hydrogen (secondary N) is 1. The quantitative estimate of drug-likeness (QED) is 0.574. The van der Waals surface area contributed by atoms with Gasteiger partial charge in [0.05, 0.1) is 41.9 Å². The fourth-order valence-electron chi connectivity index (χ4n) is 3.69. The number of morpholine rings is 1. The first kappa shape index (κ1) is 16.9. The van der Waals surface area contributed by atoms with Gasteiger partial charge in [0.15, 0.2) is 11.3 Å². The van der Waals surface area contributed by atoms with Crippen molar-refractivity contribution in [1.82, 2.24) is 35.3 Å². The molecule has 0 radical (unpaired) electrons. The first-order chi connectivity index (χ1) is 13.6. The van der Waals surface area contributed by atoms with Crippen LogP contribution in [0.3, 0.4) is 0 Å². The number of aromatic nitrogens is 7. The number of rotatable bonds is 3. The molecule has 4 aromatic heterocycles. The van der Waals surface area contributed by atoms with E-state index >= 15 is 0 Å². The fourth-order valence-corrected chi connectivity index (χ4v) is 3.69. The summed E-state index contributed by atoms with van der Waals surface area (Å²) in [5.41, 5.74) is 5.21. The Balaban J connectivity index is 1.78. The van der Waals surface area contributed by atoms with Crippen LogP contribution in [0.15, 0.2) is 22.9 Å². The molecule has 5 rings (SSSR count). The van der Waals surface area contributed by atoms with E-state index in [4.69, 9.17) is 14.2 Å². The number of fused-ring (bicyclic) bond motifs is 1. The lowest BCUT2D eigenvalue weighted by molar-refractivity contribution is 0.0986. The molecule has 28 heavy (non-hydrogen) atoms. The number of ether oxygens (including phenoxy) is 1. The molecule has 1 fully saturated rings. The Kier molecular flexibility index (Phi) is 3.86. The molecule has 10 nitrogen and oxygen atoms in total. The first-order valence-corrected chi connectivity index (χ1v) is 9.14. The van der Waals surface area contributed by atoms with Gasteiger partial charge >= 0.3 is 0 Å². The lowest BCUT2D eigenvalue weighted by atomic mass is 10.1. The molecule has 5 heterocycles. The molecular weight excluding hydrogens is 360 g/mol. The minimum Gasteiger partial charge on any atom is -0.377 e. The van der Waals surface area contributed by atoms with Crippen molar-refractivity contribution in [3.63, 3.8) is 0 Å². The van der Waals surface area contributed by atoms with Crippen LogP contribution in [0.25, 0.3) is 33.7 Å². The van der Waals surface area contributed by atoms with E-state index in [-0.39, 0.29) is 6.04 Å². The van der Waals surface area contributed by atoms with Crippen molar-refractivity contribution < 1.29 is 9.26 Å². The molecule has 10 heteroatoms. The van der Waals surface area contributed by atoms with E-state index in [0.717, 1.165) is 35.0 Å². The van der Waals surface area contributed by atoms with Gasteiger partial charge < -0.3 is 14.2 Å². The summed E-state index contributed by atoms with van der Waals surface area (Å²) in [5, 5.41) is 19.6. The molecule has 1 saturated heterocycles. The van der Waals surface area contributed by atoms with Crippen LogP contribution in [0.1, 0.15) is 12.6 Å². The van der Waals surface area contributed by atoms with E-state index in [0.29, 0.717) is 30.0 Å². The summed E-state index contributed by atoms with van der Waals surface area (Å²) in [6, 6.07) is 4.09. The number of anilines is 1. The molecule has 4 aromatic rings. The highest BCUT2D eigenvalue weighted by molar-refractivity contribution is 5.97. The molecular formula is C18H20N8O2. The molecule has 1 aliphatic heterocycles. The minimum atomic E-state index is 0.216. The largest absolute Gasteiger partial charge is 0.377 e. The van der Waals surface area contributed by atoms with E-state index in [2.05, 4.69) is 37.5 Å². The van der Waals surface area contributed by atoms with Crippen LogP contribution >= 0.6 is 0 Å². The summed E-state index contributed by atoms with van der Waals surface area (Å²) in [6.07, 6.45) is 1.68. The topological polar surface area (TPSA) is 111 Å². The summed E-state index contributed by atoms with van der Waals surface area (Å²) in [4.78, 5) is 7.16. The number of aromatic amines is 1. The molecule has 0 unspecified atom stereocenters. The highest BCUT2D eigenvalue weighted by Crippen LogP contribution is 2.36. The summed E-state index contributed by atoms with van der Waals surface area (Å²) >= 11 is 0. The van der Waals surface area contributed by atoms with E-state index < -0.39 is 0 Å². The summed E-state index contributed by atoms with van der Waals surface area (Å²) in [6.45, 7) is 6.16. The van der Waals surface area contributed by atoms with Crippen LogP contribution in [-0.4, -0.2) is 61.1 Å². The highest BCUT2D eigenvalue weighted by Gasteiger charge is 2.26. The second-order valence-electron chi connectivity index (χ2n) is 6.97. The van der Waals surface area contributed by atoms with E-state index in [1.807, 2.05) is 26.1 Å². The lowest BCUT2D eigenvalue weighted by Crippen LogP contribution is -2.44. The van der Waals surface area contributed by atoms with Gasteiger partial charge in [0.25, 0.3) is 0 Å². The Hall–Kier alpha value is -3.27. The van der Waals surface area contributed by atoms with Crippen molar-refractivity contribution in [2.75, 3.05) is 24.7 Å². The third kappa shape index (κ3) is 2.56. The SMILES string of the molecule is Cc1nnn(C)c1-c1cc(N2CCOC[C@H]2C)nc2c(-c3ccn[nH]3)noc12. The number of H-pyrrole nitrogens is 1. The van der Waals surface area contributed by atoms with Crippen molar-refractivity contribution in [2.24, 2.45) is 7.05 Å². The first-order valence-electron chi connectivity index (χ1n) is 9.14. The Bertz CT molecular complexity index is 1110. The van der Waals surface area contributed by atoms with Gasteiger partial charge in [-0.3, -0.25) is 5.10 Å². The second-order valence-corrected chi connectivity index (χ2v) is 6.97. The molecule has 144 valence electrons. The van der Waals surface area contributed by atoms with Crippen molar-refractivity contribution in [1.29, 1.82) is 0 Å². The number of nitrogens with zero attached hydrogens (tertiary/aromatic N) is 7. The van der Waals surface area contributed by atoms with Crippen LogP contribution in [0.4, 0.5) is 5.82 Å². The van der Waals surface area contributed by atoms with Gasteiger partial charge in [0.2, 0.25) is 0 Å². The molecule has 0 aliphatic carbocycles. The zero-order valence-corrected chi connectivity index (χ0v) is 15.9. The number of hydrogen-bond acceptors (Lipinski definition) is 8. The second kappa shape index (κ2) is 6.41. The van der Waals surface area contributed by atoms with Crippen molar-refractivity contribution in [2.45, 2.75) is 19.9 Å². The molecule has 1 N–H and O–H groups in total.